The first-order chi connectivity index (χ1) is 8.78. The summed E-state index contributed by atoms with van der Waals surface area (Å²) in [6.45, 7) is 8.25. The Morgan fingerprint density at radius 1 is 1.28 bits per heavy atom. The molecule has 0 amide bonds. The minimum absolute atomic E-state index is 0.599. The van der Waals surface area contributed by atoms with E-state index in [1.54, 1.807) is 0 Å². The molecule has 2 aliphatic heterocycles. The average molecular weight is 248 g/mol. The van der Waals surface area contributed by atoms with Crippen molar-refractivity contribution in [2.24, 2.45) is 5.92 Å². The van der Waals surface area contributed by atoms with E-state index in [2.05, 4.69) is 33.5 Å². The summed E-state index contributed by atoms with van der Waals surface area (Å²) >= 11 is 0. The number of aryl methyl sites for hydroxylation is 1. The standard InChI is InChI=1S/C14H24N4/c1-3-17-8-7-12(10-17)9-14-16-15-13-6-4-5-11(2)18(13)14/h11-12H,3-10H2,1-2H3. The molecule has 0 bridgehead atoms. The van der Waals surface area contributed by atoms with Crippen molar-refractivity contribution in [3.8, 4) is 0 Å². The Bertz CT molecular complexity index is 412. The molecular formula is C14H24N4. The molecule has 1 saturated heterocycles. The molecule has 100 valence electrons. The molecule has 2 aliphatic rings. The van der Waals surface area contributed by atoms with Gasteiger partial charge in [0.25, 0.3) is 0 Å². The SMILES string of the molecule is CCN1CCC(Cc2nnc3n2C(C)CCC3)C1. The van der Waals surface area contributed by atoms with Gasteiger partial charge in [-0.2, -0.15) is 0 Å². The summed E-state index contributed by atoms with van der Waals surface area (Å²) < 4.78 is 2.41. The van der Waals surface area contributed by atoms with Gasteiger partial charge in [0.1, 0.15) is 11.6 Å². The molecule has 2 atom stereocenters. The number of aromatic nitrogens is 3. The van der Waals surface area contributed by atoms with Crippen LogP contribution in [0.15, 0.2) is 0 Å². The number of hydrogen-bond donors (Lipinski definition) is 0. The van der Waals surface area contributed by atoms with Crippen LogP contribution in [0.5, 0.6) is 0 Å². The van der Waals surface area contributed by atoms with Crippen LogP contribution in [0.1, 0.15) is 50.8 Å². The zero-order valence-corrected chi connectivity index (χ0v) is 11.6. The maximum atomic E-state index is 4.46. The van der Waals surface area contributed by atoms with Crippen molar-refractivity contribution in [2.75, 3.05) is 19.6 Å². The Labute approximate surface area is 109 Å². The first-order valence-corrected chi connectivity index (χ1v) is 7.43. The largest absolute Gasteiger partial charge is 0.312 e. The van der Waals surface area contributed by atoms with E-state index in [1.165, 1.54) is 50.5 Å². The zero-order chi connectivity index (χ0) is 12.5. The number of fused-ring (bicyclic) bond motifs is 1. The van der Waals surface area contributed by atoms with Crippen LogP contribution < -0.4 is 0 Å². The van der Waals surface area contributed by atoms with E-state index in [4.69, 9.17) is 0 Å². The lowest BCUT2D eigenvalue weighted by Crippen LogP contribution is -2.22. The number of nitrogens with zero attached hydrogens (tertiary/aromatic N) is 4. The monoisotopic (exact) mass is 248 g/mol. The average Bonchev–Trinajstić information content (AvgIpc) is 2.98. The number of likely N-dealkylation sites (tertiary alicyclic amines) is 1. The smallest absolute Gasteiger partial charge is 0.133 e. The summed E-state index contributed by atoms with van der Waals surface area (Å²) in [7, 11) is 0. The second-order valence-electron chi connectivity index (χ2n) is 5.90. The lowest BCUT2D eigenvalue weighted by Gasteiger charge is -2.23. The van der Waals surface area contributed by atoms with Crippen molar-refractivity contribution in [3.63, 3.8) is 0 Å². The van der Waals surface area contributed by atoms with Gasteiger partial charge in [0.05, 0.1) is 0 Å². The predicted molar refractivity (Wildman–Crippen MR) is 71.6 cm³/mol. The van der Waals surface area contributed by atoms with Gasteiger partial charge in [0, 0.05) is 25.4 Å². The van der Waals surface area contributed by atoms with Gasteiger partial charge < -0.3 is 9.47 Å². The molecule has 0 N–H and O–H groups in total. The van der Waals surface area contributed by atoms with E-state index in [0.29, 0.717) is 6.04 Å². The number of rotatable bonds is 3. The number of hydrogen-bond acceptors (Lipinski definition) is 3. The molecule has 4 nitrogen and oxygen atoms in total. The Morgan fingerprint density at radius 2 is 2.17 bits per heavy atom. The molecular weight excluding hydrogens is 224 g/mol. The molecule has 2 unspecified atom stereocenters. The lowest BCUT2D eigenvalue weighted by molar-refractivity contribution is 0.337. The fourth-order valence-corrected chi connectivity index (χ4v) is 3.49. The molecule has 1 aromatic heterocycles. The maximum absolute atomic E-state index is 4.46. The van der Waals surface area contributed by atoms with Gasteiger partial charge in [-0.15, -0.1) is 10.2 Å². The van der Waals surface area contributed by atoms with E-state index < -0.39 is 0 Å². The molecule has 1 fully saturated rings. The molecule has 0 aliphatic carbocycles. The normalized spacial score (nSPS) is 28.6. The van der Waals surface area contributed by atoms with Crippen LogP contribution in [0.4, 0.5) is 0 Å². The minimum Gasteiger partial charge on any atom is -0.312 e. The Hall–Kier alpha value is -0.900. The first-order valence-electron chi connectivity index (χ1n) is 7.43. The highest BCUT2D eigenvalue weighted by atomic mass is 15.3. The topological polar surface area (TPSA) is 34.0 Å². The molecule has 3 rings (SSSR count). The summed E-state index contributed by atoms with van der Waals surface area (Å²) in [6.07, 6.45) is 6.11. The van der Waals surface area contributed by atoms with Crippen LogP contribution in [0.3, 0.4) is 0 Å². The Morgan fingerprint density at radius 3 is 2.94 bits per heavy atom. The Balaban J connectivity index is 1.72. The van der Waals surface area contributed by atoms with Crippen molar-refractivity contribution in [1.82, 2.24) is 19.7 Å². The zero-order valence-electron chi connectivity index (χ0n) is 11.6. The van der Waals surface area contributed by atoms with Gasteiger partial charge in [0.2, 0.25) is 0 Å². The summed E-state index contributed by atoms with van der Waals surface area (Å²) in [5.41, 5.74) is 0. The van der Waals surface area contributed by atoms with Gasteiger partial charge in [-0.1, -0.05) is 6.92 Å². The van der Waals surface area contributed by atoms with E-state index in [1.807, 2.05) is 0 Å². The van der Waals surface area contributed by atoms with Crippen molar-refractivity contribution in [3.05, 3.63) is 11.6 Å². The summed E-state index contributed by atoms with van der Waals surface area (Å²) in [5, 5.41) is 8.84. The van der Waals surface area contributed by atoms with Gasteiger partial charge in [0.15, 0.2) is 0 Å². The third-order valence-electron chi connectivity index (χ3n) is 4.59. The summed E-state index contributed by atoms with van der Waals surface area (Å²) in [6, 6.07) is 0.599. The molecule has 1 aromatic rings. The van der Waals surface area contributed by atoms with Crippen molar-refractivity contribution in [2.45, 2.75) is 52.0 Å². The van der Waals surface area contributed by atoms with E-state index in [9.17, 15) is 0 Å². The van der Waals surface area contributed by atoms with Crippen molar-refractivity contribution < 1.29 is 0 Å². The van der Waals surface area contributed by atoms with Gasteiger partial charge >= 0.3 is 0 Å². The maximum Gasteiger partial charge on any atom is 0.133 e. The van der Waals surface area contributed by atoms with E-state index in [-0.39, 0.29) is 0 Å². The second kappa shape index (κ2) is 5.00. The van der Waals surface area contributed by atoms with E-state index in [0.717, 1.165) is 18.8 Å². The van der Waals surface area contributed by atoms with Crippen LogP contribution in [0, 0.1) is 5.92 Å². The van der Waals surface area contributed by atoms with Crippen molar-refractivity contribution in [1.29, 1.82) is 0 Å². The minimum atomic E-state index is 0.599. The first kappa shape index (κ1) is 12.2. The van der Waals surface area contributed by atoms with Crippen LogP contribution in [-0.4, -0.2) is 39.3 Å². The summed E-state index contributed by atoms with van der Waals surface area (Å²) in [4.78, 5) is 2.54. The third-order valence-corrected chi connectivity index (χ3v) is 4.59. The van der Waals surface area contributed by atoms with E-state index >= 15 is 0 Å². The Kier molecular flexibility index (Phi) is 3.37. The molecule has 3 heterocycles. The van der Waals surface area contributed by atoms with Gasteiger partial charge in [-0.3, -0.25) is 0 Å². The lowest BCUT2D eigenvalue weighted by atomic mass is 10.0. The van der Waals surface area contributed by atoms with Gasteiger partial charge in [-0.05, 0) is 45.2 Å². The highest BCUT2D eigenvalue weighted by Gasteiger charge is 2.26. The molecule has 18 heavy (non-hydrogen) atoms. The predicted octanol–water partition coefficient (Wildman–Crippen LogP) is 2.06. The van der Waals surface area contributed by atoms with Crippen LogP contribution in [0.25, 0.3) is 0 Å². The molecule has 0 spiro atoms. The summed E-state index contributed by atoms with van der Waals surface area (Å²) in [5.74, 6) is 3.24. The van der Waals surface area contributed by atoms with Gasteiger partial charge in [-0.25, -0.2) is 0 Å². The third kappa shape index (κ3) is 2.18. The van der Waals surface area contributed by atoms with Crippen molar-refractivity contribution >= 4 is 0 Å². The molecule has 4 heteroatoms. The highest BCUT2D eigenvalue weighted by Crippen LogP contribution is 2.27. The molecule has 0 radical (unpaired) electrons. The molecule has 0 saturated carbocycles. The van der Waals surface area contributed by atoms with Crippen LogP contribution in [-0.2, 0) is 12.8 Å². The fourth-order valence-electron chi connectivity index (χ4n) is 3.49. The second-order valence-corrected chi connectivity index (χ2v) is 5.90. The quantitative estimate of drug-likeness (QED) is 0.821. The van der Waals surface area contributed by atoms with Crippen LogP contribution in [0.2, 0.25) is 0 Å². The highest BCUT2D eigenvalue weighted by molar-refractivity contribution is 5.03. The fraction of sp³-hybridized carbons (Fsp3) is 0.857. The van der Waals surface area contributed by atoms with Crippen LogP contribution >= 0.6 is 0 Å². The molecule has 0 aromatic carbocycles.